The lowest BCUT2D eigenvalue weighted by Gasteiger charge is -2.10. The number of phenols is 1. The fraction of sp³-hybridized carbons (Fsp3) is 0.200. The summed E-state index contributed by atoms with van der Waals surface area (Å²) in [6.07, 6.45) is 0.248. The first-order valence-corrected chi connectivity index (χ1v) is 8.64. The van der Waals surface area contributed by atoms with Crippen molar-refractivity contribution in [2.45, 2.75) is 26.4 Å². The Morgan fingerprint density at radius 2 is 2.04 bits per heavy atom. The van der Waals surface area contributed by atoms with Crippen LogP contribution in [0.1, 0.15) is 23.6 Å². The number of esters is 1. The summed E-state index contributed by atoms with van der Waals surface area (Å²) in [5.41, 5.74) is 0.723. The number of benzene rings is 2. The van der Waals surface area contributed by atoms with Crippen LogP contribution >= 0.6 is 11.6 Å². The van der Waals surface area contributed by atoms with Crippen LogP contribution in [0, 0.1) is 5.82 Å². The first-order chi connectivity index (χ1) is 12.9. The highest BCUT2D eigenvalue weighted by Crippen LogP contribution is 2.27. The highest BCUT2D eigenvalue weighted by Gasteiger charge is 2.15. The van der Waals surface area contributed by atoms with Gasteiger partial charge < -0.3 is 14.3 Å². The largest absolute Gasteiger partial charge is 0.508 e. The third kappa shape index (κ3) is 4.11. The molecule has 5 nitrogen and oxygen atoms in total. The molecule has 140 valence electrons. The molecule has 1 aromatic heterocycles. The molecule has 0 saturated carbocycles. The molecule has 2 aromatic carbocycles. The molecule has 3 rings (SSSR count). The predicted molar refractivity (Wildman–Crippen MR) is 98.4 cm³/mol. The number of ether oxygens (including phenoxy) is 1. The third-order valence-corrected chi connectivity index (χ3v) is 4.54. The average molecular weight is 391 g/mol. The van der Waals surface area contributed by atoms with E-state index in [1.807, 2.05) is 6.92 Å². The number of carbonyl (C=O) groups is 1. The van der Waals surface area contributed by atoms with Gasteiger partial charge in [-0.3, -0.25) is 4.79 Å². The number of hydrogen-bond acceptors (Lipinski definition) is 5. The number of aromatic hydroxyl groups is 1. The van der Waals surface area contributed by atoms with E-state index < -0.39 is 17.4 Å². The van der Waals surface area contributed by atoms with E-state index in [0.29, 0.717) is 22.9 Å². The SMILES string of the molecule is CCc1cc2c(COC(=O)Cc3c(F)cccc3Cl)cc(=O)oc2cc1O. The topological polar surface area (TPSA) is 76.7 Å². The normalized spacial score (nSPS) is 10.9. The van der Waals surface area contributed by atoms with Crippen molar-refractivity contribution in [2.24, 2.45) is 0 Å². The maximum Gasteiger partial charge on any atom is 0.336 e. The second kappa shape index (κ2) is 7.80. The predicted octanol–water partition coefficient (Wildman–Crippen LogP) is 4.14. The molecule has 0 saturated heterocycles. The summed E-state index contributed by atoms with van der Waals surface area (Å²) in [5.74, 6) is -1.25. The number of aryl methyl sites for hydroxylation is 1. The Morgan fingerprint density at radius 3 is 2.74 bits per heavy atom. The molecule has 1 N–H and O–H groups in total. The van der Waals surface area contributed by atoms with Gasteiger partial charge in [-0.25, -0.2) is 9.18 Å². The molecule has 1 heterocycles. The summed E-state index contributed by atoms with van der Waals surface area (Å²) >= 11 is 5.91. The number of fused-ring (bicyclic) bond motifs is 1. The van der Waals surface area contributed by atoms with Gasteiger partial charge in [0, 0.05) is 33.7 Å². The number of hydrogen-bond donors (Lipinski definition) is 1. The quantitative estimate of drug-likeness (QED) is 0.523. The molecule has 7 heteroatoms. The number of phenolic OH excluding ortho intramolecular Hbond substituents is 1. The van der Waals surface area contributed by atoms with Crippen LogP contribution in [-0.2, 0) is 29.0 Å². The minimum atomic E-state index is -0.683. The molecular weight excluding hydrogens is 375 g/mol. The van der Waals surface area contributed by atoms with Crippen LogP contribution in [0.3, 0.4) is 0 Å². The van der Waals surface area contributed by atoms with Crippen LogP contribution in [-0.4, -0.2) is 11.1 Å². The summed E-state index contributed by atoms with van der Waals surface area (Å²) in [6, 6.07) is 8.42. The second-order valence-corrected chi connectivity index (χ2v) is 6.37. The van der Waals surface area contributed by atoms with Crippen molar-refractivity contribution in [1.82, 2.24) is 0 Å². The lowest BCUT2D eigenvalue weighted by molar-refractivity contribution is -0.144. The van der Waals surface area contributed by atoms with Crippen LogP contribution in [0.25, 0.3) is 11.0 Å². The molecule has 0 aliphatic carbocycles. The molecule has 0 amide bonds. The second-order valence-electron chi connectivity index (χ2n) is 5.96. The maximum atomic E-state index is 13.8. The fourth-order valence-electron chi connectivity index (χ4n) is 2.76. The smallest absolute Gasteiger partial charge is 0.336 e. The van der Waals surface area contributed by atoms with Crippen LogP contribution in [0.15, 0.2) is 45.6 Å². The van der Waals surface area contributed by atoms with Gasteiger partial charge in [0.1, 0.15) is 23.8 Å². The summed E-state index contributed by atoms with van der Waals surface area (Å²) < 4.78 is 24.1. The molecule has 3 aromatic rings. The summed E-state index contributed by atoms with van der Waals surface area (Å²) in [4.78, 5) is 23.8. The lowest BCUT2D eigenvalue weighted by atomic mass is 10.0. The van der Waals surface area contributed by atoms with Crippen molar-refractivity contribution in [3.05, 3.63) is 74.3 Å². The zero-order chi connectivity index (χ0) is 19.6. The van der Waals surface area contributed by atoms with Crippen molar-refractivity contribution in [1.29, 1.82) is 0 Å². The molecule has 0 bridgehead atoms. The van der Waals surface area contributed by atoms with Gasteiger partial charge in [0.15, 0.2) is 0 Å². The van der Waals surface area contributed by atoms with E-state index in [0.717, 1.165) is 0 Å². The Kier molecular flexibility index (Phi) is 5.46. The van der Waals surface area contributed by atoms with Gasteiger partial charge in [-0.2, -0.15) is 0 Å². The van der Waals surface area contributed by atoms with Gasteiger partial charge in [0.2, 0.25) is 0 Å². The number of halogens is 2. The Balaban J connectivity index is 1.84. The molecular formula is C20H16ClFO5. The standard InChI is InChI=1S/C20H16ClFO5/c1-2-11-6-13-12(7-20(25)27-18(13)9-17(11)23)10-26-19(24)8-14-15(21)4-3-5-16(14)22/h3-7,9,23H,2,8,10H2,1H3. The van der Waals surface area contributed by atoms with Crippen LogP contribution in [0.2, 0.25) is 5.02 Å². The van der Waals surface area contributed by atoms with Gasteiger partial charge in [-0.15, -0.1) is 0 Å². The molecule has 0 spiro atoms. The molecule has 0 atom stereocenters. The molecule has 0 aliphatic heterocycles. The maximum absolute atomic E-state index is 13.8. The average Bonchev–Trinajstić information content (AvgIpc) is 2.62. The first kappa shape index (κ1) is 18.9. The number of rotatable bonds is 5. The van der Waals surface area contributed by atoms with E-state index in [9.17, 15) is 19.1 Å². The minimum Gasteiger partial charge on any atom is -0.508 e. The van der Waals surface area contributed by atoms with Crippen LogP contribution in [0.5, 0.6) is 5.75 Å². The Morgan fingerprint density at radius 1 is 1.26 bits per heavy atom. The summed E-state index contributed by atoms with van der Waals surface area (Å²) in [7, 11) is 0. The van der Waals surface area contributed by atoms with Crippen LogP contribution < -0.4 is 5.63 Å². The van der Waals surface area contributed by atoms with E-state index in [-0.39, 0.29) is 34.9 Å². The molecule has 0 aliphatic rings. The molecule has 0 unspecified atom stereocenters. The van der Waals surface area contributed by atoms with Crippen LogP contribution in [0.4, 0.5) is 4.39 Å². The first-order valence-electron chi connectivity index (χ1n) is 8.26. The van der Waals surface area contributed by atoms with E-state index in [1.165, 1.54) is 30.3 Å². The van der Waals surface area contributed by atoms with Gasteiger partial charge in [0.05, 0.1) is 6.42 Å². The molecule has 27 heavy (non-hydrogen) atoms. The fourth-order valence-corrected chi connectivity index (χ4v) is 2.99. The van der Waals surface area contributed by atoms with Crippen molar-refractivity contribution >= 4 is 28.5 Å². The van der Waals surface area contributed by atoms with Crippen molar-refractivity contribution in [3.8, 4) is 5.75 Å². The Bertz CT molecular complexity index is 1050. The molecule has 0 radical (unpaired) electrons. The van der Waals surface area contributed by atoms with E-state index in [2.05, 4.69) is 0 Å². The summed E-state index contributed by atoms with van der Waals surface area (Å²) in [5, 5.41) is 10.6. The highest BCUT2D eigenvalue weighted by atomic mass is 35.5. The lowest BCUT2D eigenvalue weighted by Crippen LogP contribution is -2.11. The van der Waals surface area contributed by atoms with Gasteiger partial charge >= 0.3 is 11.6 Å². The zero-order valence-corrected chi connectivity index (χ0v) is 15.2. The van der Waals surface area contributed by atoms with Crippen molar-refractivity contribution < 1.29 is 23.4 Å². The third-order valence-electron chi connectivity index (χ3n) is 4.18. The number of carbonyl (C=O) groups excluding carboxylic acids is 1. The van der Waals surface area contributed by atoms with Gasteiger partial charge in [-0.05, 0) is 30.2 Å². The van der Waals surface area contributed by atoms with Gasteiger partial charge in [-0.1, -0.05) is 24.6 Å². The highest BCUT2D eigenvalue weighted by molar-refractivity contribution is 6.31. The van der Waals surface area contributed by atoms with Gasteiger partial charge in [0.25, 0.3) is 0 Å². The molecule has 0 fully saturated rings. The summed E-state index contributed by atoms with van der Waals surface area (Å²) in [6.45, 7) is 1.68. The van der Waals surface area contributed by atoms with E-state index in [1.54, 1.807) is 6.07 Å². The van der Waals surface area contributed by atoms with E-state index >= 15 is 0 Å². The van der Waals surface area contributed by atoms with E-state index in [4.69, 9.17) is 20.8 Å². The Hall–Kier alpha value is -2.86. The monoisotopic (exact) mass is 390 g/mol. The Labute approximate surface area is 158 Å². The zero-order valence-electron chi connectivity index (χ0n) is 14.4. The minimum absolute atomic E-state index is 0.0245. The van der Waals surface area contributed by atoms with Crippen molar-refractivity contribution in [3.63, 3.8) is 0 Å². The van der Waals surface area contributed by atoms with Crippen molar-refractivity contribution in [2.75, 3.05) is 0 Å².